The van der Waals surface area contributed by atoms with Gasteiger partial charge >= 0.3 is 5.97 Å². The third kappa shape index (κ3) is 3.78. The fraction of sp³-hybridized carbons (Fsp3) is 0.278. The maximum absolute atomic E-state index is 12.3. The second-order valence-corrected chi connectivity index (χ2v) is 6.94. The molecule has 3 aromatic rings. The first kappa shape index (κ1) is 17.3. The summed E-state index contributed by atoms with van der Waals surface area (Å²) in [5.41, 5.74) is 1.92. The van der Waals surface area contributed by atoms with Crippen LogP contribution in [0.3, 0.4) is 0 Å². The second-order valence-electron chi connectivity index (χ2n) is 5.94. The van der Waals surface area contributed by atoms with Crippen LogP contribution in [0.15, 0.2) is 34.4 Å². The standard InChI is InChI=1S/C18H19N3O3S/c1-11-6-7-25-15(11)9-21(2)10-16-19-14-8-12(18(23)24-3)4-5-13(14)17(22)20-16/h4-8H,9-10H2,1-3H3,(H,19,20,22). The van der Waals surface area contributed by atoms with Gasteiger partial charge in [-0.05, 0) is 49.2 Å². The highest BCUT2D eigenvalue weighted by atomic mass is 32.1. The third-order valence-corrected chi connectivity index (χ3v) is 4.99. The van der Waals surface area contributed by atoms with E-state index in [-0.39, 0.29) is 5.56 Å². The Morgan fingerprint density at radius 3 is 2.80 bits per heavy atom. The van der Waals surface area contributed by atoms with Crippen LogP contribution in [0.1, 0.15) is 26.6 Å². The Hall–Kier alpha value is -2.51. The molecule has 0 amide bonds. The summed E-state index contributed by atoms with van der Waals surface area (Å²) in [5, 5.41) is 2.52. The van der Waals surface area contributed by atoms with E-state index in [1.54, 1.807) is 29.5 Å². The third-order valence-electron chi connectivity index (χ3n) is 3.98. The average molecular weight is 357 g/mol. The van der Waals surface area contributed by atoms with Crippen LogP contribution < -0.4 is 5.56 Å². The number of benzene rings is 1. The lowest BCUT2D eigenvalue weighted by molar-refractivity contribution is 0.0601. The monoisotopic (exact) mass is 357 g/mol. The van der Waals surface area contributed by atoms with Crippen molar-refractivity contribution < 1.29 is 9.53 Å². The van der Waals surface area contributed by atoms with E-state index in [9.17, 15) is 9.59 Å². The number of carbonyl (C=O) groups is 1. The first-order valence-electron chi connectivity index (χ1n) is 7.80. The van der Waals surface area contributed by atoms with Crippen molar-refractivity contribution in [2.24, 2.45) is 0 Å². The summed E-state index contributed by atoms with van der Waals surface area (Å²) in [7, 11) is 3.30. The van der Waals surface area contributed by atoms with E-state index in [1.807, 2.05) is 7.05 Å². The molecular weight excluding hydrogens is 338 g/mol. The summed E-state index contributed by atoms with van der Waals surface area (Å²) in [6.07, 6.45) is 0. The number of carbonyl (C=O) groups excluding carboxylic acids is 1. The zero-order chi connectivity index (χ0) is 18.0. The minimum absolute atomic E-state index is 0.211. The van der Waals surface area contributed by atoms with Crippen LogP contribution in [0.2, 0.25) is 0 Å². The van der Waals surface area contributed by atoms with E-state index >= 15 is 0 Å². The first-order valence-corrected chi connectivity index (χ1v) is 8.68. The van der Waals surface area contributed by atoms with Crippen molar-refractivity contribution >= 4 is 28.2 Å². The lowest BCUT2D eigenvalue weighted by atomic mass is 10.1. The number of aromatic amines is 1. The number of hydrogen-bond donors (Lipinski definition) is 1. The molecule has 0 atom stereocenters. The van der Waals surface area contributed by atoms with Gasteiger partial charge in [-0.3, -0.25) is 9.69 Å². The number of rotatable bonds is 5. The van der Waals surface area contributed by atoms with Crippen molar-refractivity contribution in [3.8, 4) is 0 Å². The van der Waals surface area contributed by atoms with Crippen LogP contribution in [0.25, 0.3) is 10.9 Å². The minimum Gasteiger partial charge on any atom is -0.465 e. The van der Waals surface area contributed by atoms with Gasteiger partial charge in [-0.15, -0.1) is 11.3 Å². The van der Waals surface area contributed by atoms with Gasteiger partial charge in [-0.25, -0.2) is 9.78 Å². The van der Waals surface area contributed by atoms with Crippen molar-refractivity contribution in [2.75, 3.05) is 14.2 Å². The predicted molar refractivity (Wildman–Crippen MR) is 97.9 cm³/mol. The van der Waals surface area contributed by atoms with Gasteiger partial charge in [0.05, 0.1) is 30.1 Å². The molecule has 0 saturated carbocycles. The molecule has 2 heterocycles. The molecule has 0 aliphatic heterocycles. The quantitative estimate of drug-likeness (QED) is 0.711. The highest BCUT2D eigenvalue weighted by molar-refractivity contribution is 7.10. The number of nitrogens with one attached hydrogen (secondary N) is 1. The normalized spacial score (nSPS) is 11.2. The zero-order valence-corrected chi connectivity index (χ0v) is 15.1. The number of hydrogen-bond acceptors (Lipinski definition) is 6. The van der Waals surface area contributed by atoms with Gasteiger partial charge in [0.2, 0.25) is 0 Å². The number of thiophene rings is 1. The van der Waals surface area contributed by atoms with Gasteiger partial charge in [0, 0.05) is 11.4 Å². The number of ether oxygens (including phenoxy) is 1. The molecule has 0 aliphatic rings. The summed E-state index contributed by atoms with van der Waals surface area (Å²) in [6.45, 7) is 3.38. The maximum Gasteiger partial charge on any atom is 0.337 e. The number of nitrogens with zero attached hydrogens (tertiary/aromatic N) is 2. The molecule has 0 unspecified atom stereocenters. The fourth-order valence-corrected chi connectivity index (χ4v) is 3.62. The summed E-state index contributed by atoms with van der Waals surface area (Å²) < 4.78 is 4.72. The maximum atomic E-state index is 12.3. The smallest absolute Gasteiger partial charge is 0.337 e. The number of esters is 1. The molecule has 6 nitrogen and oxygen atoms in total. The highest BCUT2D eigenvalue weighted by Gasteiger charge is 2.11. The van der Waals surface area contributed by atoms with Gasteiger partial charge in [0.25, 0.3) is 5.56 Å². The van der Waals surface area contributed by atoms with Crippen LogP contribution in [-0.4, -0.2) is 35.0 Å². The van der Waals surface area contributed by atoms with Gasteiger partial charge in [0.15, 0.2) is 0 Å². The van der Waals surface area contributed by atoms with Crippen molar-refractivity contribution in [3.63, 3.8) is 0 Å². The van der Waals surface area contributed by atoms with Crippen molar-refractivity contribution in [1.29, 1.82) is 0 Å². The van der Waals surface area contributed by atoms with Crippen LogP contribution in [-0.2, 0) is 17.8 Å². The summed E-state index contributed by atoms with van der Waals surface area (Å²) in [6, 6.07) is 6.84. The van der Waals surface area contributed by atoms with Crippen LogP contribution in [0.4, 0.5) is 0 Å². The van der Waals surface area contributed by atoms with Crippen LogP contribution in [0.5, 0.6) is 0 Å². The van der Waals surface area contributed by atoms with Gasteiger partial charge in [0.1, 0.15) is 5.82 Å². The van der Waals surface area contributed by atoms with Crippen LogP contribution >= 0.6 is 11.3 Å². The largest absolute Gasteiger partial charge is 0.465 e. The lowest BCUT2D eigenvalue weighted by Crippen LogP contribution is -2.21. The summed E-state index contributed by atoms with van der Waals surface area (Å²) in [4.78, 5) is 34.6. The van der Waals surface area contributed by atoms with E-state index in [2.05, 4.69) is 33.2 Å². The number of fused-ring (bicyclic) bond motifs is 1. The molecule has 0 bridgehead atoms. The predicted octanol–water partition coefficient (Wildman–Crippen LogP) is 2.71. The van der Waals surface area contributed by atoms with Gasteiger partial charge in [-0.2, -0.15) is 0 Å². The topological polar surface area (TPSA) is 75.3 Å². The van der Waals surface area contributed by atoms with E-state index in [4.69, 9.17) is 4.74 Å². The summed E-state index contributed by atoms with van der Waals surface area (Å²) in [5.74, 6) is 0.118. The molecule has 0 spiro atoms. The number of aryl methyl sites for hydroxylation is 1. The molecule has 1 aromatic carbocycles. The van der Waals surface area contributed by atoms with Crippen molar-refractivity contribution in [1.82, 2.24) is 14.9 Å². The molecular formula is C18H19N3O3S. The Labute approximate surface area is 149 Å². The molecule has 0 radical (unpaired) electrons. The molecule has 25 heavy (non-hydrogen) atoms. The van der Waals surface area contributed by atoms with Crippen molar-refractivity contribution in [3.05, 3.63) is 61.8 Å². The van der Waals surface area contributed by atoms with E-state index < -0.39 is 5.97 Å². The van der Waals surface area contributed by atoms with E-state index in [1.165, 1.54) is 17.6 Å². The number of aromatic nitrogens is 2. The SMILES string of the molecule is COC(=O)c1ccc2c(=O)[nH]c(CN(C)Cc3sccc3C)nc2c1. The molecule has 3 rings (SSSR count). The highest BCUT2D eigenvalue weighted by Crippen LogP contribution is 2.18. The Balaban J connectivity index is 1.87. The molecule has 2 aromatic heterocycles. The van der Waals surface area contributed by atoms with Crippen molar-refractivity contribution in [2.45, 2.75) is 20.0 Å². The summed E-state index contributed by atoms with van der Waals surface area (Å²) >= 11 is 1.72. The fourth-order valence-electron chi connectivity index (χ4n) is 2.63. The Morgan fingerprint density at radius 1 is 1.32 bits per heavy atom. The molecule has 0 saturated heterocycles. The number of H-pyrrole nitrogens is 1. The molecule has 1 N–H and O–H groups in total. The first-order chi connectivity index (χ1) is 12.0. The minimum atomic E-state index is -0.448. The van der Waals surface area contributed by atoms with E-state index in [0.29, 0.717) is 28.8 Å². The Bertz CT molecular complexity index is 977. The van der Waals surface area contributed by atoms with Gasteiger partial charge in [-0.1, -0.05) is 0 Å². The molecule has 0 fully saturated rings. The zero-order valence-electron chi connectivity index (χ0n) is 14.3. The Kier molecular flexibility index (Phi) is 4.96. The molecule has 0 aliphatic carbocycles. The van der Waals surface area contributed by atoms with Crippen LogP contribution in [0, 0.1) is 6.92 Å². The second kappa shape index (κ2) is 7.16. The Morgan fingerprint density at radius 2 is 2.12 bits per heavy atom. The molecule has 7 heteroatoms. The number of methoxy groups -OCH3 is 1. The average Bonchev–Trinajstić information content (AvgIpc) is 2.98. The molecule has 130 valence electrons. The van der Waals surface area contributed by atoms with Gasteiger partial charge < -0.3 is 9.72 Å². The van der Waals surface area contributed by atoms with E-state index in [0.717, 1.165) is 6.54 Å². The lowest BCUT2D eigenvalue weighted by Gasteiger charge is -2.16.